The highest BCUT2D eigenvalue weighted by atomic mass is 32.2. The molecule has 0 spiro atoms. The molecule has 2 aliphatic heterocycles. The average molecular weight is 614 g/mol. The van der Waals surface area contributed by atoms with Gasteiger partial charge in [0.15, 0.2) is 16.7 Å². The molecule has 228 valence electrons. The second kappa shape index (κ2) is 13.4. The van der Waals surface area contributed by atoms with E-state index in [1.54, 1.807) is 37.1 Å². The Morgan fingerprint density at radius 1 is 0.977 bits per heavy atom. The highest BCUT2D eigenvalue weighted by Crippen LogP contribution is 2.33. The van der Waals surface area contributed by atoms with E-state index in [0.29, 0.717) is 56.0 Å². The molecule has 1 aromatic heterocycles. The number of nitrogens with zero attached hydrogens (tertiary/aromatic N) is 5. The van der Waals surface area contributed by atoms with Gasteiger partial charge in [-0.15, -0.1) is 10.2 Å². The molecule has 6 rings (SSSR count). The zero-order valence-electron chi connectivity index (χ0n) is 24.8. The third-order valence-electron chi connectivity index (χ3n) is 7.86. The standard InChI is InChI=1S/C33H35N5O5S/c1-23-21-36(16-17-37(23)32(40)25-10-15-28-29(20-25)43-22-42-28)31(39)9-6-18-44-33-35-34-30(19-24-7-4-3-5-8-24)38(33)26-11-13-27(41-2)14-12-26/h3-5,7-8,10-15,20,23H,6,9,16-19,21-22H2,1-2H3. The van der Waals surface area contributed by atoms with Crippen LogP contribution in [0, 0.1) is 0 Å². The fourth-order valence-corrected chi connectivity index (χ4v) is 6.41. The van der Waals surface area contributed by atoms with Gasteiger partial charge in [0.25, 0.3) is 5.91 Å². The Morgan fingerprint density at radius 2 is 1.77 bits per heavy atom. The van der Waals surface area contributed by atoms with Crippen molar-refractivity contribution < 1.29 is 23.8 Å². The summed E-state index contributed by atoms with van der Waals surface area (Å²) in [6, 6.07) is 23.2. The summed E-state index contributed by atoms with van der Waals surface area (Å²) in [7, 11) is 1.65. The molecule has 3 heterocycles. The molecule has 0 N–H and O–H groups in total. The van der Waals surface area contributed by atoms with Gasteiger partial charge >= 0.3 is 0 Å². The molecule has 1 saturated heterocycles. The minimum atomic E-state index is -0.0916. The quantitative estimate of drug-likeness (QED) is 0.185. The largest absolute Gasteiger partial charge is 0.497 e. The van der Waals surface area contributed by atoms with Gasteiger partial charge in [0.2, 0.25) is 12.7 Å². The van der Waals surface area contributed by atoms with Crippen molar-refractivity contribution in [2.45, 2.75) is 37.4 Å². The summed E-state index contributed by atoms with van der Waals surface area (Å²) in [5.74, 6) is 3.64. The van der Waals surface area contributed by atoms with E-state index in [9.17, 15) is 9.59 Å². The summed E-state index contributed by atoms with van der Waals surface area (Å²) in [6.07, 6.45) is 1.79. The molecule has 1 fully saturated rings. The number of hydrogen-bond acceptors (Lipinski definition) is 8. The van der Waals surface area contributed by atoms with Crippen molar-refractivity contribution in [3.05, 3.63) is 89.7 Å². The number of carbonyl (C=O) groups is 2. The van der Waals surface area contributed by atoms with Crippen molar-refractivity contribution >= 4 is 23.6 Å². The maximum Gasteiger partial charge on any atom is 0.254 e. The minimum Gasteiger partial charge on any atom is -0.497 e. The fraction of sp³-hybridized carbons (Fsp3) is 0.333. The fourth-order valence-electron chi connectivity index (χ4n) is 5.50. The number of methoxy groups -OCH3 is 1. The lowest BCUT2D eigenvalue weighted by Crippen LogP contribution is -2.55. The topological polar surface area (TPSA) is 99.0 Å². The molecule has 1 atom stereocenters. The summed E-state index contributed by atoms with van der Waals surface area (Å²) >= 11 is 1.60. The van der Waals surface area contributed by atoms with E-state index in [0.717, 1.165) is 33.7 Å². The molecule has 0 aliphatic carbocycles. The lowest BCUT2D eigenvalue weighted by molar-refractivity contribution is -0.133. The Balaban J connectivity index is 1.03. The number of amides is 2. The lowest BCUT2D eigenvalue weighted by Gasteiger charge is -2.40. The Labute approximate surface area is 260 Å². The van der Waals surface area contributed by atoms with Gasteiger partial charge in [-0.1, -0.05) is 42.1 Å². The highest BCUT2D eigenvalue weighted by Gasteiger charge is 2.31. The van der Waals surface area contributed by atoms with Crippen molar-refractivity contribution in [2.24, 2.45) is 0 Å². The van der Waals surface area contributed by atoms with Gasteiger partial charge in [0.05, 0.1) is 7.11 Å². The third-order valence-corrected chi connectivity index (χ3v) is 8.88. The van der Waals surface area contributed by atoms with Crippen molar-refractivity contribution in [3.8, 4) is 22.9 Å². The highest BCUT2D eigenvalue weighted by molar-refractivity contribution is 7.99. The molecular weight excluding hydrogens is 578 g/mol. The maximum absolute atomic E-state index is 13.2. The van der Waals surface area contributed by atoms with Crippen molar-refractivity contribution in [1.82, 2.24) is 24.6 Å². The first-order chi connectivity index (χ1) is 21.5. The van der Waals surface area contributed by atoms with E-state index < -0.39 is 0 Å². The number of piperazine rings is 1. The maximum atomic E-state index is 13.2. The number of rotatable bonds is 10. The van der Waals surface area contributed by atoms with Crippen LogP contribution in [0.2, 0.25) is 0 Å². The van der Waals surface area contributed by atoms with E-state index in [1.807, 2.05) is 59.2 Å². The number of carbonyl (C=O) groups excluding carboxylic acids is 2. The van der Waals surface area contributed by atoms with Crippen molar-refractivity contribution in [1.29, 1.82) is 0 Å². The molecule has 0 bridgehead atoms. The van der Waals surface area contributed by atoms with Gasteiger partial charge in [0.1, 0.15) is 11.6 Å². The second-order valence-corrected chi connectivity index (χ2v) is 11.9. The van der Waals surface area contributed by atoms with Crippen LogP contribution in [0.5, 0.6) is 17.2 Å². The van der Waals surface area contributed by atoms with Gasteiger partial charge in [0, 0.05) is 55.5 Å². The SMILES string of the molecule is COc1ccc(-n2c(Cc3ccccc3)nnc2SCCCC(=O)N2CCN(C(=O)c3ccc4c(c3)OCO4)C(C)C2)cc1. The molecular formula is C33H35N5O5S. The summed E-state index contributed by atoms with van der Waals surface area (Å²) in [5.41, 5.74) is 2.68. The second-order valence-electron chi connectivity index (χ2n) is 10.8. The lowest BCUT2D eigenvalue weighted by atomic mass is 10.1. The molecule has 4 aromatic rings. The normalized spacial score (nSPS) is 15.8. The van der Waals surface area contributed by atoms with Gasteiger partial charge in [-0.05, 0) is 61.4 Å². The molecule has 1 unspecified atom stereocenters. The van der Waals surface area contributed by atoms with E-state index in [-0.39, 0.29) is 24.6 Å². The van der Waals surface area contributed by atoms with Gasteiger partial charge in [-0.2, -0.15) is 0 Å². The number of benzene rings is 3. The molecule has 3 aromatic carbocycles. The molecule has 0 saturated carbocycles. The van der Waals surface area contributed by atoms with E-state index >= 15 is 0 Å². The zero-order chi connectivity index (χ0) is 30.5. The van der Waals surface area contributed by atoms with Crippen LogP contribution in [0.15, 0.2) is 78.0 Å². The van der Waals surface area contributed by atoms with E-state index in [1.165, 1.54) is 0 Å². The number of ether oxygens (including phenoxy) is 3. The van der Waals surface area contributed by atoms with Crippen LogP contribution in [0.25, 0.3) is 5.69 Å². The zero-order valence-corrected chi connectivity index (χ0v) is 25.7. The minimum absolute atomic E-state index is 0.0631. The van der Waals surface area contributed by atoms with Crippen LogP contribution >= 0.6 is 11.8 Å². The molecule has 10 nitrogen and oxygen atoms in total. The van der Waals surface area contributed by atoms with Crippen molar-refractivity contribution in [3.63, 3.8) is 0 Å². The first-order valence-corrected chi connectivity index (χ1v) is 15.7. The summed E-state index contributed by atoms with van der Waals surface area (Å²) in [5, 5.41) is 9.83. The van der Waals surface area contributed by atoms with Gasteiger partial charge < -0.3 is 24.0 Å². The predicted octanol–water partition coefficient (Wildman–Crippen LogP) is 4.84. The Kier molecular flexibility index (Phi) is 9.02. The van der Waals surface area contributed by atoms with Gasteiger partial charge in [-0.3, -0.25) is 14.2 Å². The van der Waals surface area contributed by atoms with Crippen LogP contribution in [0.1, 0.15) is 41.5 Å². The van der Waals surface area contributed by atoms with Crippen molar-refractivity contribution in [2.75, 3.05) is 39.3 Å². The van der Waals surface area contributed by atoms with Crippen LogP contribution in [0.3, 0.4) is 0 Å². The Morgan fingerprint density at radius 3 is 2.55 bits per heavy atom. The first kappa shape index (κ1) is 29.6. The van der Waals surface area contributed by atoms with Crippen LogP contribution in [-0.2, 0) is 11.2 Å². The molecule has 11 heteroatoms. The Hall–Kier alpha value is -4.51. The Bertz CT molecular complexity index is 1610. The summed E-state index contributed by atoms with van der Waals surface area (Å²) in [4.78, 5) is 30.0. The van der Waals surface area contributed by atoms with E-state index in [2.05, 4.69) is 26.9 Å². The average Bonchev–Trinajstić information content (AvgIpc) is 3.69. The number of fused-ring (bicyclic) bond motifs is 1. The molecule has 0 radical (unpaired) electrons. The summed E-state index contributed by atoms with van der Waals surface area (Å²) < 4.78 is 18.2. The monoisotopic (exact) mass is 613 g/mol. The summed E-state index contributed by atoms with van der Waals surface area (Å²) in [6.45, 7) is 3.67. The number of thioether (sulfide) groups is 1. The number of aromatic nitrogens is 3. The van der Waals surface area contributed by atoms with Crippen LogP contribution < -0.4 is 14.2 Å². The predicted molar refractivity (Wildman–Crippen MR) is 167 cm³/mol. The first-order valence-electron chi connectivity index (χ1n) is 14.7. The number of hydrogen-bond donors (Lipinski definition) is 0. The van der Waals surface area contributed by atoms with Gasteiger partial charge in [-0.25, -0.2) is 0 Å². The van der Waals surface area contributed by atoms with Crippen LogP contribution in [0.4, 0.5) is 0 Å². The molecule has 2 amide bonds. The van der Waals surface area contributed by atoms with E-state index in [4.69, 9.17) is 14.2 Å². The molecule has 2 aliphatic rings. The third kappa shape index (κ3) is 6.52. The smallest absolute Gasteiger partial charge is 0.254 e. The van der Waals surface area contributed by atoms with Crippen LogP contribution in [-0.4, -0.2) is 81.7 Å². The molecule has 44 heavy (non-hydrogen) atoms.